The molecule has 1 aliphatic heterocycles. The summed E-state index contributed by atoms with van der Waals surface area (Å²) < 4.78 is 15.4. The molecule has 6 nitrogen and oxygen atoms in total. The van der Waals surface area contributed by atoms with Gasteiger partial charge in [-0.05, 0) is 75.2 Å². The van der Waals surface area contributed by atoms with Crippen LogP contribution in [0.3, 0.4) is 0 Å². The molecule has 6 heteroatoms. The number of ether oxygens (including phenoxy) is 2. The highest BCUT2D eigenvalue weighted by Gasteiger charge is 2.55. The molecule has 3 aromatic carbocycles. The van der Waals surface area contributed by atoms with Gasteiger partial charge in [-0.1, -0.05) is 54.6 Å². The highest BCUT2D eigenvalue weighted by Crippen LogP contribution is 2.54. The molecule has 0 spiro atoms. The van der Waals surface area contributed by atoms with E-state index in [9.17, 15) is 4.79 Å². The van der Waals surface area contributed by atoms with E-state index < -0.39 is 11.6 Å². The number of aromatic nitrogens is 2. The minimum absolute atomic E-state index is 0.406. The maximum absolute atomic E-state index is 14.1. The topological polar surface area (TPSA) is 56.1 Å². The normalized spacial score (nSPS) is 15.9. The third-order valence-electron chi connectivity index (χ3n) is 8.79. The molecule has 0 amide bonds. The van der Waals surface area contributed by atoms with Crippen LogP contribution in [0.1, 0.15) is 53.6 Å². The van der Waals surface area contributed by atoms with Crippen molar-refractivity contribution in [3.8, 4) is 16.9 Å². The molecule has 1 unspecified atom stereocenters. The summed E-state index contributed by atoms with van der Waals surface area (Å²) in [6.45, 7) is 10.6. The van der Waals surface area contributed by atoms with E-state index in [4.69, 9.17) is 14.5 Å². The van der Waals surface area contributed by atoms with Crippen LogP contribution in [0.15, 0.2) is 103 Å². The first-order chi connectivity index (χ1) is 21.5. The standard InChI is InChI=1S/C38H35N3O3/c1-5-40(6-2)28-20-21-30(33(24-28)43-7-3)38(35-29(37(42)44-38)23-27-17-11-12-18-31(27)39-35)36-34(26-15-9-8-10-16-26)25(4)32-19-13-14-22-41(32)36/h8-24H,5-7H2,1-4H3. The second kappa shape index (κ2) is 10.9. The Labute approximate surface area is 257 Å². The lowest BCUT2D eigenvalue weighted by Gasteiger charge is -2.33. The quantitative estimate of drug-likeness (QED) is 0.170. The molecule has 44 heavy (non-hydrogen) atoms. The fraction of sp³-hybridized carbons (Fsp3) is 0.211. The Morgan fingerprint density at radius 3 is 2.41 bits per heavy atom. The number of carbonyl (C=O) groups is 1. The van der Waals surface area contributed by atoms with Crippen LogP contribution in [0.4, 0.5) is 5.69 Å². The first-order valence-corrected chi connectivity index (χ1v) is 15.3. The molecular weight excluding hydrogens is 546 g/mol. The van der Waals surface area contributed by atoms with E-state index >= 15 is 0 Å². The Morgan fingerprint density at radius 1 is 0.886 bits per heavy atom. The van der Waals surface area contributed by atoms with Crippen molar-refractivity contribution in [2.45, 2.75) is 33.3 Å². The predicted molar refractivity (Wildman–Crippen MR) is 176 cm³/mol. The van der Waals surface area contributed by atoms with E-state index in [2.05, 4.69) is 66.5 Å². The van der Waals surface area contributed by atoms with Crippen LogP contribution in [0.25, 0.3) is 27.5 Å². The van der Waals surface area contributed by atoms with Crippen molar-refractivity contribution in [3.63, 3.8) is 0 Å². The number of hydrogen-bond acceptors (Lipinski definition) is 5. The maximum atomic E-state index is 14.1. The Hall–Kier alpha value is -5.10. The molecule has 0 radical (unpaired) electrons. The van der Waals surface area contributed by atoms with E-state index in [0.717, 1.165) is 63.1 Å². The number of esters is 1. The summed E-state index contributed by atoms with van der Waals surface area (Å²) in [5.41, 5.74) is 7.20. The summed E-state index contributed by atoms with van der Waals surface area (Å²) >= 11 is 0. The van der Waals surface area contributed by atoms with Gasteiger partial charge in [0.15, 0.2) is 0 Å². The van der Waals surface area contributed by atoms with Crippen molar-refractivity contribution < 1.29 is 14.3 Å². The number of aryl methyl sites for hydroxylation is 1. The molecule has 0 N–H and O–H groups in total. The predicted octanol–water partition coefficient (Wildman–Crippen LogP) is 8.17. The molecule has 6 aromatic rings. The molecule has 3 aromatic heterocycles. The maximum Gasteiger partial charge on any atom is 0.341 e. The Bertz CT molecular complexity index is 2030. The highest BCUT2D eigenvalue weighted by molar-refractivity contribution is 6.00. The van der Waals surface area contributed by atoms with E-state index in [1.54, 1.807) is 0 Å². The number of hydrogen-bond donors (Lipinski definition) is 0. The first kappa shape index (κ1) is 27.7. The minimum Gasteiger partial charge on any atom is -0.493 e. The van der Waals surface area contributed by atoms with Gasteiger partial charge in [-0.2, -0.15) is 0 Å². The second-order valence-electron chi connectivity index (χ2n) is 11.1. The van der Waals surface area contributed by atoms with Gasteiger partial charge in [0.05, 0.1) is 28.9 Å². The van der Waals surface area contributed by atoms with E-state index in [1.165, 1.54) is 0 Å². The van der Waals surface area contributed by atoms with Crippen molar-refractivity contribution in [2.75, 3.05) is 24.6 Å². The van der Waals surface area contributed by atoms with Crippen molar-refractivity contribution in [3.05, 3.63) is 131 Å². The Kier molecular flexibility index (Phi) is 6.85. The summed E-state index contributed by atoms with van der Waals surface area (Å²) in [7, 11) is 0. The van der Waals surface area contributed by atoms with Gasteiger partial charge in [0, 0.05) is 47.5 Å². The molecule has 0 aliphatic carbocycles. The van der Waals surface area contributed by atoms with Crippen LogP contribution in [-0.4, -0.2) is 35.1 Å². The van der Waals surface area contributed by atoms with Crippen LogP contribution < -0.4 is 9.64 Å². The average Bonchev–Trinajstić information content (AvgIpc) is 3.52. The summed E-state index contributed by atoms with van der Waals surface area (Å²) in [6.07, 6.45) is 2.04. The molecule has 0 fully saturated rings. The third-order valence-corrected chi connectivity index (χ3v) is 8.79. The molecule has 1 atom stereocenters. The van der Waals surface area contributed by atoms with Gasteiger partial charge in [-0.3, -0.25) is 0 Å². The fourth-order valence-corrected chi connectivity index (χ4v) is 6.79. The van der Waals surface area contributed by atoms with Crippen LogP contribution >= 0.6 is 0 Å². The summed E-state index contributed by atoms with van der Waals surface area (Å²) in [6, 6.07) is 32.5. The van der Waals surface area contributed by atoms with Gasteiger partial charge in [0.25, 0.3) is 0 Å². The average molecular weight is 582 g/mol. The largest absolute Gasteiger partial charge is 0.493 e. The number of cyclic esters (lactones) is 1. The number of carbonyl (C=O) groups excluding carboxylic acids is 1. The molecule has 0 saturated heterocycles. The SMILES string of the molecule is CCOc1cc(N(CC)CC)ccc1C1(c2c(-c3ccccc3)c(C)c3ccccn23)OC(=O)c2cc3ccccc3nc21. The summed E-state index contributed by atoms with van der Waals surface area (Å²) in [4.78, 5) is 21.6. The van der Waals surface area contributed by atoms with Gasteiger partial charge < -0.3 is 18.8 Å². The highest BCUT2D eigenvalue weighted by atomic mass is 16.6. The Balaban J connectivity index is 1.66. The monoisotopic (exact) mass is 581 g/mol. The van der Waals surface area contributed by atoms with Crippen LogP contribution in [0, 0.1) is 6.92 Å². The summed E-state index contributed by atoms with van der Waals surface area (Å²) in [5, 5.41) is 0.889. The molecular formula is C38H35N3O3. The molecule has 0 saturated carbocycles. The number of rotatable bonds is 8. The number of fused-ring (bicyclic) bond motifs is 3. The molecule has 7 rings (SSSR count). The molecule has 1 aliphatic rings. The lowest BCUT2D eigenvalue weighted by atomic mass is 9.81. The number of anilines is 1. The van der Waals surface area contributed by atoms with Crippen LogP contribution in [0.2, 0.25) is 0 Å². The van der Waals surface area contributed by atoms with Crippen LogP contribution in [0.5, 0.6) is 5.75 Å². The van der Waals surface area contributed by atoms with Crippen molar-refractivity contribution in [1.29, 1.82) is 0 Å². The minimum atomic E-state index is -1.40. The van der Waals surface area contributed by atoms with Crippen molar-refractivity contribution >= 4 is 28.1 Å². The van der Waals surface area contributed by atoms with E-state index in [0.29, 0.717) is 23.6 Å². The zero-order valence-electron chi connectivity index (χ0n) is 25.5. The molecule has 220 valence electrons. The van der Waals surface area contributed by atoms with Gasteiger partial charge in [-0.25, -0.2) is 9.78 Å². The van der Waals surface area contributed by atoms with E-state index in [1.807, 2.05) is 73.8 Å². The lowest BCUT2D eigenvalue weighted by molar-refractivity contribution is 0.0222. The van der Waals surface area contributed by atoms with Gasteiger partial charge in [0.2, 0.25) is 5.60 Å². The van der Waals surface area contributed by atoms with Crippen molar-refractivity contribution in [1.82, 2.24) is 9.38 Å². The smallest absolute Gasteiger partial charge is 0.341 e. The number of pyridine rings is 2. The number of para-hydroxylation sites is 1. The van der Waals surface area contributed by atoms with Crippen molar-refractivity contribution in [2.24, 2.45) is 0 Å². The van der Waals surface area contributed by atoms with Crippen LogP contribution in [-0.2, 0) is 10.3 Å². The van der Waals surface area contributed by atoms with E-state index in [-0.39, 0.29) is 0 Å². The van der Waals surface area contributed by atoms with Gasteiger partial charge in [-0.15, -0.1) is 0 Å². The number of nitrogens with zero attached hydrogens (tertiary/aromatic N) is 3. The molecule has 0 bridgehead atoms. The first-order valence-electron chi connectivity index (χ1n) is 15.3. The lowest BCUT2D eigenvalue weighted by Crippen LogP contribution is -2.33. The van der Waals surface area contributed by atoms with Gasteiger partial charge >= 0.3 is 5.97 Å². The number of benzene rings is 3. The zero-order chi connectivity index (χ0) is 30.4. The fourth-order valence-electron chi connectivity index (χ4n) is 6.79. The second-order valence-corrected chi connectivity index (χ2v) is 11.1. The zero-order valence-corrected chi connectivity index (χ0v) is 25.5. The summed E-state index contributed by atoms with van der Waals surface area (Å²) in [5.74, 6) is 0.256. The molecule has 4 heterocycles. The third kappa shape index (κ3) is 4.08. The Morgan fingerprint density at radius 2 is 1.64 bits per heavy atom. The van der Waals surface area contributed by atoms with Gasteiger partial charge in [0.1, 0.15) is 11.4 Å².